The molecule has 114 valence electrons. The molecular weight excluding hydrogens is 276 g/mol. The minimum absolute atomic E-state index is 0.552. The SMILES string of the molecule is CCNCc1ccccc1CN(C)C(C)Cc1cccs1. The summed E-state index contributed by atoms with van der Waals surface area (Å²) in [5, 5.41) is 5.59. The summed E-state index contributed by atoms with van der Waals surface area (Å²) in [6.45, 7) is 7.44. The van der Waals surface area contributed by atoms with Gasteiger partial charge in [-0.25, -0.2) is 0 Å². The van der Waals surface area contributed by atoms with Crippen molar-refractivity contribution in [2.45, 2.75) is 39.4 Å². The molecule has 2 aromatic rings. The Morgan fingerprint density at radius 1 is 1.14 bits per heavy atom. The van der Waals surface area contributed by atoms with E-state index in [9.17, 15) is 0 Å². The standard InChI is InChI=1S/C18H26N2S/c1-4-19-13-16-8-5-6-9-17(16)14-20(3)15(2)12-18-10-7-11-21-18/h5-11,15,19H,4,12-14H2,1-3H3. The lowest BCUT2D eigenvalue weighted by Gasteiger charge is -2.25. The highest BCUT2D eigenvalue weighted by molar-refractivity contribution is 7.09. The molecule has 0 aliphatic heterocycles. The summed E-state index contributed by atoms with van der Waals surface area (Å²) in [5.41, 5.74) is 2.84. The minimum Gasteiger partial charge on any atom is -0.313 e. The summed E-state index contributed by atoms with van der Waals surface area (Å²) in [6.07, 6.45) is 1.13. The fraction of sp³-hybridized carbons (Fsp3) is 0.444. The van der Waals surface area contributed by atoms with Gasteiger partial charge in [0.25, 0.3) is 0 Å². The third-order valence-electron chi connectivity index (χ3n) is 3.93. The molecule has 0 saturated heterocycles. The fourth-order valence-electron chi connectivity index (χ4n) is 2.44. The molecule has 0 aliphatic carbocycles. The van der Waals surface area contributed by atoms with Gasteiger partial charge in [-0.3, -0.25) is 4.90 Å². The first kappa shape index (κ1) is 16.2. The predicted molar refractivity (Wildman–Crippen MR) is 92.8 cm³/mol. The topological polar surface area (TPSA) is 15.3 Å². The highest BCUT2D eigenvalue weighted by Crippen LogP contribution is 2.17. The summed E-state index contributed by atoms with van der Waals surface area (Å²) in [5.74, 6) is 0. The maximum atomic E-state index is 3.43. The highest BCUT2D eigenvalue weighted by Gasteiger charge is 2.12. The molecule has 1 aromatic heterocycles. The van der Waals surface area contributed by atoms with E-state index < -0.39 is 0 Å². The summed E-state index contributed by atoms with van der Waals surface area (Å²) in [7, 11) is 2.22. The van der Waals surface area contributed by atoms with Gasteiger partial charge in [-0.15, -0.1) is 11.3 Å². The van der Waals surface area contributed by atoms with Gasteiger partial charge in [0.1, 0.15) is 0 Å². The molecule has 0 bridgehead atoms. The highest BCUT2D eigenvalue weighted by atomic mass is 32.1. The maximum Gasteiger partial charge on any atom is 0.0236 e. The Balaban J connectivity index is 1.96. The van der Waals surface area contributed by atoms with Crippen LogP contribution in [0.5, 0.6) is 0 Å². The van der Waals surface area contributed by atoms with Crippen LogP contribution in [0.3, 0.4) is 0 Å². The smallest absolute Gasteiger partial charge is 0.0236 e. The van der Waals surface area contributed by atoms with Crippen LogP contribution >= 0.6 is 11.3 Å². The second kappa shape index (κ2) is 8.32. The van der Waals surface area contributed by atoms with Crippen molar-refractivity contribution in [2.75, 3.05) is 13.6 Å². The molecule has 0 spiro atoms. The van der Waals surface area contributed by atoms with Gasteiger partial charge in [0.2, 0.25) is 0 Å². The van der Waals surface area contributed by atoms with Crippen LogP contribution in [0.1, 0.15) is 29.9 Å². The van der Waals surface area contributed by atoms with Gasteiger partial charge in [0, 0.05) is 24.0 Å². The maximum absolute atomic E-state index is 3.43. The molecule has 1 atom stereocenters. The lowest BCUT2D eigenvalue weighted by atomic mass is 10.1. The molecule has 1 heterocycles. The minimum atomic E-state index is 0.552. The lowest BCUT2D eigenvalue weighted by Crippen LogP contribution is -2.30. The van der Waals surface area contributed by atoms with E-state index in [0.29, 0.717) is 6.04 Å². The van der Waals surface area contributed by atoms with Gasteiger partial charge in [0.15, 0.2) is 0 Å². The van der Waals surface area contributed by atoms with Crippen LogP contribution in [-0.4, -0.2) is 24.5 Å². The number of likely N-dealkylation sites (N-methyl/N-ethyl adjacent to an activating group) is 1. The monoisotopic (exact) mass is 302 g/mol. The number of hydrogen-bond donors (Lipinski definition) is 1. The van der Waals surface area contributed by atoms with Crippen LogP contribution in [-0.2, 0) is 19.5 Å². The first-order chi connectivity index (χ1) is 10.2. The van der Waals surface area contributed by atoms with E-state index in [4.69, 9.17) is 0 Å². The average molecular weight is 302 g/mol. The summed E-state index contributed by atoms with van der Waals surface area (Å²) in [6, 6.07) is 13.7. The number of rotatable bonds is 8. The van der Waals surface area contributed by atoms with Gasteiger partial charge < -0.3 is 5.32 Å². The third-order valence-corrected chi connectivity index (χ3v) is 4.83. The Labute approximate surface area is 132 Å². The Hall–Kier alpha value is -1.16. The number of thiophene rings is 1. The lowest BCUT2D eigenvalue weighted by molar-refractivity contribution is 0.248. The van der Waals surface area contributed by atoms with Gasteiger partial charge >= 0.3 is 0 Å². The van der Waals surface area contributed by atoms with Crippen molar-refractivity contribution in [1.29, 1.82) is 0 Å². The van der Waals surface area contributed by atoms with Gasteiger partial charge in [-0.1, -0.05) is 37.3 Å². The van der Waals surface area contributed by atoms with Crippen LogP contribution in [0.15, 0.2) is 41.8 Å². The zero-order chi connectivity index (χ0) is 15.1. The average Bonchev–Trinajstić information content (AvgIpc) is 2.99. The van der Waals surface area contributed by atoms with E-state index in [1.165, 1.54) is 16.0 Å². The van der Waals surface area contributed by atoms with Crippen LogP contribution in [0.4, 0.5) is 0 Å². The summed E-state index contributed by atoms with van der Waals surface area (Å²) in [4.78, 5) is 3.92. The molecule has 1 unspecified atom stereocenters. The van der Waals surface area contributed by atoms with Crippen molar-refractivity contribution in [2.24, 2.45) is 0 Å². The number of benzene rings is 1. The van der Waals surface area contributed by atoms with Crippen molar-refractivity contribution in [1.82, 2.24) is 10.2 Å². The normalized spacial score (nSPS) is 12.8. The van der Waals surface area contributed by atoms with Crippen LogP contribution in [0, 0.1) is 0 Å². The second-order valence-corrected chi connectivity index (χ2v) is 6.63. The second-order valence-electron chi connectivity index (χ2n) is 5.60. The zero-order valence-electron chi connectivity index (χ0n) is 13.3. The first-order valence-electron chi connectivity index (χ1n) is 7.70. The van der Waals surface area contributed by atoms with Crippen molar-refractivity contribution in [3.05, 3.63) is 57.8 Å². The predicted octanol–water partition coefficient (Wildman–Crippen LogP) is 3.92. The molecule has 0 saturated carbocycles. The molecule has 2 rings (SSSR count). The van der Waals surface area contributed by atoms with E-state index >= 15 is 0 Å². The number of hydrogen-bond acceptors (Lipinski definition) is 3. The molecule has 0 amide bonds. The molecule has 3 heteroatoms. The van der Waals surface area contributed by atoms with Crippen molar-refractivity contribution < 1.29 is 0 Å². The summed E-state index contributed by atoms with van der Waals surface area (Å²) < 4.78 is 0. The molecular formula is C18H26N2S. The van der Waals surface area contributed by atoms with Gasteiger partial charge in [0.05, 0.1) is 0 Å². The van der Waals surface area contributed by atoms with Crippen molar-refractivity contribution >= 4 is 11.3 Å². The molecule has 1 aromatic carbocycles. The third kappa shape index (κ3) is 4.95. The molecule has 21 heavy (non-hydrogen) atoms. The molecule has 0 fully saturated rings. The Morgan fingerprint density at radius 3 is 2.57 bits per heavy atom. The molecule has 2 nitrogen and oxygen atoms in total. The van der Waals surface area contributed by atoms with E-state index in [0.717, 1.165) is 26.1 Å². The van der Waals surface area contributed by atoms with Gasteiger partial charge in [-0.2, -0.15) is 0 Å². The number of nitrogens with one attached hydrogen (secondary N) is 1. The fourth-order valence-corrected chi connectivity index (χ4v) is 3.27. The largest absolute Gasteiger partial charge is 0.313 e. The van der Waals surface area contributed by atoms with Crippen LogP contribution in [0.2, 0.25) is 0 Å². The number of nitrogens with zero attached hydrogens (tertiary/aromatic N) is 1. The Morgan fingerprint density at radius 2 is 1.90 bits per heavy atom. The molecule has 0 radical (unpaired) electrons. The Bertz CT molecular complexity index is 522. The van der Waals surface area contributed by atoms with Crippen molar-refractivity contribution in [3.8, 4) is 0 Å². The first-order valence-corrected chi connectivity index (χ1v) is 8.58. The molecule has 0 aliphatic rings. The van der Waals surface area contributed by atoms with Crippen LogP contribution < -0.4 is 5.32 Å². The van der Waals surface area contributed by atoms with Crippen LogP contribution in [0.25, 0.3) is 0 Å². The van der Waals surface area contributed by atoms with E-state index in [1.807, 2.05) is 11.3 Å². The summed E-state index contributed by atoms with van der Waals surface area (Å²) >= 11 is 1.85. The zero-order valence-corrected chi connectivity index (χ0v) is 14.1. The van der Waals surface area contributed by atoms with Crippen molar-refractivity contribution in [3.63, 3.8) is 0 Å². The van der Waals surface area contributed by atoms with E-state index in [2.05, 4.69) is 72.9 Å². The quantitative estimate of drug-likeness (QED) is 0.795. The van der Waals surface area contributed by atoms with E-state index in [1.54, 1.807) is 0 Å². The Kier molecular flexibility index (Phi) is 6.43. The van der Waals surface area contributed by atoms with Gasteiger partial charge in [-0.05, 0) is 49.5 Å². The molecule has 1 N–H and O–H groups in total. The van der Waals surface area contributed by atoms with E-state index in [-0.39, 0.29) is 0 Å².